The summed E-state index contributed by atoms with van der Waals surface area (Å²) >= 11 is 1.57. The summed E-state index contributed by atoms with van der Waals surface area (Å²) in [4.78, 5) is 25.0. The van der Waals surface area contributed by atoms with Crippen molar-refractivity contribution in [1.82, 2.24) is 5.32 Å². The Labute approximate surface area is 126 Å². The number of carbonyl (C=O) groups is 2. The van der Waals surface area contributed by atoms with Crippen LogP contribution >= 0.6 is 11.8 Å². The zero-order valence-corrected chi connectivity index (χ0v) is 12.5. The minimum atomic E-state index is -0.178. The molecular weight excluding hydrogens is 286 g/mol. The Balaban J connectivity index is 1.79. The predicted octanol–water partition coefficient (Wildman–Crippen LogP) is 3.20. The highest BCUT2D eigenvalue weighted by atomic mass is 32.2. The summed E-state index contributed by atoms with van der Waals surface area (Å²) in [6.45, 7) is 2.20. The van der Waals surface area contributed by atoms with Gasteiger partial charge in [-0.1, -0.05) is 12.1 Å². The first-order valence-corrected chi connectivity index (χ1v) is 7.76. The maximum absolute atomic E-state index is 12.3. The highest BCUT2D eigenvalue weighted by Gasteiger charge is 2.23. The third-order valence-electron chi connectivity index (χ3n) is 3.35. The van der Waals surface area contributed by atoms with E-state index in [4.69, 9.17) is 4.42 Å². The van der Waals surface area contributed by atoms with Crippen LogP contribution in [-0.2, 0) is 6.54 Å². The van der Waals surface area contributed by atoms with Crippen LogP contribution in [0.4, 0.5) is 0 Å². The molecule has 2 aromatic rings. The fraction of sp³-hybridized carbons (Fsp3) is 0.250. The van der Waals surface area contributed by atoms with E-state index in [1.54, 1.807) is 30.0 Å². The van der Waals surface area contributed by atoms with Crippen LogP contribution in [0.25, 0.3) is 0 Å². The second-order valence-electron chi connectivity index (χ2n) is 4.90. The zero-order chi connectivity index (χ0) is 14.8. The van der Waals surface area contributed by atoms with E-state index in [0.717, 1.165) is 22.2 Å². The Bertz CT molecular complexity index is 705. The molecule has 1 aromatic heterocycles. The number of ketones is 1. The summed E-state index contributed by atoms with van der Waals surface area (Å²) in [6.07, 6.45) is 0.536. The van der Waals surface area contributed by atoms with Gasteiger partial charge in [-0.15, -0.1) is 11.8 Å². The van der Waals surface area contributed by atoms with Crippen molar-refractivity contribution < 1.29 is 14.0 Å². The SMILES string of the molecule is Cc1ccc(CNC(=O)c2cccc3c2SCCC3=O)o1. The fourth-order valence-electron chi connectivity index (χ4n) is 2.31. The molecule has 0 bridgehead atoms. The Hall–Kier alpha value is -2.01. The molecule has 1 aliphatic heterocycles. The van der Waals surface area contributed by atoms with E-state index in [1.807, 2.05) is 19.1 Å². The lowest BCUT2D eigenvalue weighted by atomic mass is 10.0. The molecule has 2 heterocycles. The molecule has 0 atom stereocenters. The van der Waals surface area contributed by atoms with Gasteiger partial charge in [0.15, 0.2) is 5.78 Å². The van der Waals surface area contributed by atoms with Crippen molar-refractivity contribution >= 4 is 23.5 Å². The summed E-state index contributed by atoms with van der Waals surface area (Å²) < 4.78 is 5.43. The number of Topliss-reactive ketones (excluding diaryl/α,β-unsaturated/α-hetero) is 1. The zero-order valence-electron chi connectivity index (χ0n) is 11.6. The summed E-state index contributed by atoms with van der Waals surface area (Å²) in [6, 6.07) is 9.01. The third-order valence-corrected chi connectivity index (χ3v) is 4.49. The van der Waals surface area contributed by atoms with Gasteiger partial charge in [0.2, 0.25) is 0 Å². The normalized spacial score (nSPS) is 13.9. The van der Waals surface area contributed by atoms with Crippen LogP contribution in [-0.4, -0.2) is 17.4 Å². The molecule has 3 rings (SSSR count). The molecular formula is C16H15NO3S. The van der Waals surface area contributed by atoms with Gasteiger partial charge in [-0.05, 0) is 25.1 Å². The van der Waals surface area contributed by atoms with E-state index in [0.29, 0.717) is 24.1 Å². The first-order chi connectivity index (χ1) is 10.1. The first-order valence-electron chi connectivity index (χ1n) is 6.77. The molecule has 0 saturated heterocycles. The first kappa shape index (κ1) is 13.9. The van der Waals surface area contributed by atoms with E-state index < -0.39 is 0 Å². The largest absolute Gasteiger partial charge is 0.465 e. The molecule has 0 spiro atoms. The molecule has 1 amide bonds. The minimum absolute atomic E-state index is 0.111. The van der Waals surface area contributed by atoms with Crippen LogP contribution < -0.4 is 5.32 Å². The number of rotatable bonds is 3. The molecule has 0 unspecified atom stereocenters. The molecule has 5 heteroatoms. The number of fused-ring (bicyclic) bond motifs is 1. The number of nitrogens with one attached hydrogen (secondary N) is 1. The highest BCUT2D eigenvalue weighted by molar-refractivity contribution is 7.99. The number of aryl methyl sites for hydroxylation is 1. The van der Waals surface area contributed by atoms with Gasteiger partial charge in [0.1, 0.15) is 11.5 Å². The van der Waals surface area contributed by atoms with Crippen molar-refractivity contribution in [1.29, 1.82) is 0 Å². The van der Waals surface area contributed by atoms with Crippen LogP contribution in [0, 0.1) is 6.92 Å². The van der Waals surface area contributed by atoms with Gasteiger partial charge >= 0.3 is 0 Å². The molecule has 21 heavy (non-hydrogen) atoms. The van der Waals surface area contributed by atoms with Gasteiger partial charge in [0.25, 0.3) is 5.91 Å². The lowest BCUT2D eigenvalue weighted by molar-refractivity contribution is 0.0944. The number of amides is 1. The predicted molar refractivity (Wildman–Crippen MR) is 80.7 cm³/mol. The van der Waals surface area contributed by atoms with Crippen LogP contribution in [0.1, 0.15) is 38.7 Å². The van der Waals surface area contributed by atoms with E-state index in [2.05, 4.69) is 5.32 Å². The number of thioether (sulfide) groups is 1. The van der Waals surface area contributed by atoms with Crippen LogP contribution in [0.3, 0.4) is 0 Å². The Morgan fingerprint density at radius 2 is 2.19 bits per heavy atom. The van der Waals surface area contributed by atoms with Gasteiger partial charge in [0, 0.05) is 22.6 Å². The molecule has 0 fully saturated rings. The average Bonchev–Trinajstić information content (AvgIpc) is 2.90. The summed E-state index contributed by atoms with van der Waals surface area (Å²) in [5.41, 5.74) is 1.22. The molecule has 0 radical (unpaired) electrons. The standard InChI is InChI=1S/C16H15NO3S/c1-10-5-6-11(20-10)9-17-16(19)13-4-2-3-12-14(18)7-8-21-15(12)13/h2-6H,7-9H2,1H3,(H,17,19). The van der Waals surface area contributed by atoms with E-state index >= 15 is 0 Å². The summed E-state index contributed by atoms with van der Waals surface area (Å²) in [5.74, 6) is 2.20. The monoisotopic (exact) mass is 301 g/mol. The van der Waals surface area contributed by atoms with Crippen LogP contribution in [0.2, 0.25) is 0 Å². The van der Waals surface area contributed by atoms with Crippen molar-refractivity contribution in [3.8, 4) is 0 Å². The Kier molecular flexibility index (Phi) is 3.84. The van der Waals surface area contributed by atoms with Crippen LogP contribution in [0.5, 0.6) is 0 Å². The maximum atomic E-state index is 12.3. The Morgan fingerprint density at radius 3 is 2.95 bits per heavy atom. The smallest absolute Gasteiger partial charge is 0.252 e. The number of carbonyl (C=O) groups excluding carboxylic acids is 2. The lowest BCUT2D eigenvalue weighted by Crippen LogP contribution is -2.24. The number of benzene rings is 1. The van der Waals surface area contributed by atoms with Crippen molar-refractivity contribution in [2.45, 2.75) is 24.8 Å². The Morgan fingerprint density at radius 1 is 1.33 bits per heavy atom. The second kappa shape index (κ2) is 5.77. The molecule has 0 saturated carbocycles. The van der Waals surface area contributed by atoms with E-state index in [1.165, 1.54) is 0 Å². The highest BCUT2D eigenvalue weighted by Crippen LogP contribution is 2.33. The quantitative estimate of drug-likeness (QED) is 0.946. The van der Waals surface area contributed by atoms with Crippen molar-refractivity contribution in [2.75, 3.05) is 5.75 Å². The van der Waals surface area contributed by atoms with Gasteiger partial charge in [-0.25, -0.2) is 0 Å². The minimum Gasteiger partial charge on any atom is -0.465 e. The molecule has 1 aliphatic rings. The molecule has 1 aromatic carbocycles. The van der Waals surface area contributed by atoms with Crippen molar-refractivity contribution in [3.05, 3.63) is 53.0 Å². The molecule has 1 N–H and O–H groups in total. The number of hydrogen-bond donors (Lipinski definition) is 1. The topological polar surface area (TPSA) is 59.3 Å². The maximum Gasteiger partial charge on any atom is 0.252 e. The third kappa shape index (κ3) is 2.88. The average molecular weight is 301 g/mol. The van der Waals surface area contributed by atoms with Gasteiger partial charge < -0.3 is 9.73 Å². The summed E-state index contributed by atoms with van der Waals surface area (Å²) in [5, 5.41) is 2.84. The van der Waals surface area contributed by atoms with E-state index in [9.17, 15) is 9.59 Å². The van der Waals surface area contributed by atoms with Crippen LogP contribution in [0.15, 0.2) is 39.6 Å². The fourth-order valence-corrected chi connectivity index (χ4v) is 3.46. The van der Waals surface area contributed by atoms with Crippen molar-refractivity contribution in [3.63, 3.8) is 0 Å². The molecule has 0 aliphatic carbocycles. The lowest BCUT2D eigenvalue weighted by Gasteiger charge is -2.17. The second-order valence-corrected chi connectivity index (χ2v) is 6.00. The van der Waals surface area contributed by atoms with Gasteiger partial charge in [-0.2, -0.15) is 0 Å². The molecule has 4 nitrogen and oxygen atoms in total. The number of hydrogen-bond acceptors (Lipinski definition) is 4. The van der Waals surface area contributed by atoms with E-state index in [-0.39, 0.29) is 11.7 Å². The van der Waals surface area contributed by atoms with Gasteiger partial charge in [0.05, 0.1) is 12.1 Å². The van der Waals surface area contributed by atoms with Gasteiger partial charge in [-0.3, -0.25) is 9.59 Å². The number of furan rings is 1. The van der Waals surface area contributed by atoms with Crippen molar-refractivity contribution in [2.24, 2.45) is 0 Å². The molecule has 108 valence electrons. The summed E-state index contributed by atoms with van der Waals surface area (Å²) in [7, 11) is 0.